The molecule has 2 nitrogen and oxygen atoms in total. The number of hydrogen-bond donors (Lipinski definition) is 0. The van der Waals surface area contributed by atoms with Crippen molar-refractivity contribution in [1.29, 1.82) is 0 Å². The van der Waals surface area contributed by atoms with Gasteiger partial charge in [0.05, 0.1) is 11.2 Å². The summed E-state index contributed by atoms with van der Waals surface area (Å²) in [6.45, 7) is 12.8. The van der Waals surface area contributed by atoms with Crippen LogP contribution in [-0.2, 0) is 9.31 Å². The van der Waals surface area contributed by atoms with E-state index < -0.39 is 0 Å². The lowest BCUT2D eigenvalue weighted by atomic mass is 9.78. The van der Waals surface area contributed by atoms with Gasteiger partial charge in [0, 0.05) is 3.57 Å². The molecule has 0 bridgehead atoms. The largest absolute Gasteiger partial charge is 0.494 e. The summed E-state index contributed by atoms with van der Waals surface area (Å²) in [4.78, 5) is 0. The standard InChI is InChI=1S/C15H22BIO2/c1-10(2)12-8-7-11(9-13(12)17)16-18-14(3,4)15(5,6)19-16/h7-10H,1-6H3. The molecule has 0 amide bonds. The zero-order valence-corrected chi connectivity index (χ0v) is 14.7. The third-order valence-corrected chi connectivity index (χ3v) is 5.11. The van der Waals surface area contributed by atoms with Gasteiger partial charge in [0.15, 0.2) is 0 Å². The van der Waals surface area contributed by atoms with E-state index in [0.717, 1.165) is 5.46 Å². The van der Waals surface area contributed by atoms with Crippen molar-refractivity contribution in [3.8, 4) is 0 Å². The van der Waals surface area contributed by atoms with Crippen LogP contribution < -0.4 is 5.46 Å². The maximum absolute atomic E-state index is 6.08. The Morgan fingerprint density at radius 2 is 1.58 bits per heavy atom. The fourth-order valence-corrected chi connectivity index (χ4v) is 3.30. The minimum atomic E-state index is -0.278. The van der Waals surface area contributed by atoms with E-state index in [1.165, 1.54) is 9.13 Å². The Bertz CT molecular complexity index is 467. The van der Waals surface area contributed by atoms with Crippen molar-refractivity contribution < 1.29 is 9.31 Å². The minimum Gasteiger partial charge on any atom is -0.399 e. The molecule has 19 heavy (non-hydrogen) atoms. The summed E-state index contributed by atoms with van der Waals surface area (Å²) in [7, 11) is -0.264. The van der Waals surface area contributed by atoms with Gasteiger partial charge in [-0.15, -0.1) is 0 Å². The first kappa shape index (κ1) is 15.3. The van der Waals surface area contributed by atoms with E-state index in [1.807, 2.05) is 0 Å². The number of halogens is 1. The Kier molecular flexibility index (Phi) is 4.07. The highest BCUT2D eigenvalue weighted by molar-refractivity contribution is 14.1. The van der Waals surface area contributed by atoms with Crippen molar-refractivity contribution in [3.05, 3.63) is 27.3 Å². The smallest absolute Gasteiger partial charge is 0.399 e. The number of hydrogen-bond acceptors (Lipinski definition) is 2. The quantitative estimate of drug-likeness (QED) is 0.582. The average molecular weight is 372 g/mol. The normalized spacial score (nSPS) is 21.2. The Balaban J connectivity index is 2.28. The molecular formula is C15H22BIO2. The summed E-state index contributed by atoms with van der Waals surface area (Å²) in [6.07, 6.45) is 0. The van der Waals surface area contributed by atoms with Gasteiger partial charge in [-0.1, -0.05) is 26.0 Å². The second kappa shape index (κ2) is 5.04. The van der Waals surface area contributed by atoms with Crippen LogP contribution >= 0.6 is 22.6 Å². The Morgan fingerprint density at radius 1 is 1.05 bits per heavy atom. The van der Waals surface area contributed by atoms with Crippen LogP contribution in [0, 0.1) is 3.57 Å². The lowest BCUT2D eigenvalue weighted by Gasteiger charge is -2.32. The van der Waals surface area contributed by atoms with Crippen LogP contribution in [0.15, 0.2) is 18.2 Å². The van der Waals surface area contributed by atoms with Crippen LogP contribution in [0.4, 0.5) is 0 Å². The fourth-order valence-electron chi connectivity index (χ4n) is 2.14. The topological polar surface area (TPSA) is 18.5 Å². The second-order valence-corrected chi connectivity index (χ2v) is 7.69. The molecule has 104 valence electrons. The highest BCUT2D eigenvalue weighted by Crippen LogP contribution is 2.36. The van der Waals surface area contributed by atoms with Gasteiger partial charge in [0.2, 0.25) is 0 Å². The van der Waals surface area contributed by atoms with Gasteiger partial charge in [0.1, 0.15) is 0 Å². The third kappa shape index (κ3) is 2.86. The molecule has 0 N–H and O–H groups in total. The first-order valence-electron chi connectivity index (χ1n) is 6.79. The maximum atomic E-state index is 6.08. The summed E-state index contributed by atoms with van der Waals surface area (Å²) in [5.41, 5.74) is 1.92. The summed E-state index contributed by atoms with van der Waals surface area (Å²) < 4.78 is 13.4. The van der Waals surface area contributed by atoms with Gasteiger partial charge in [-0.25, -0.2) is 0 Å². The molecule has 0 spiro atoms. The molecule has 0 atom stereocenters. The van der Waals surface area contributed by atoms with E-state index in [4.69, 9.17) is 9.31 Å². The fraction of sp³-hybridized carbons (Fsp3) is 0.600. The SMILES string of the molecule is CC(C)c1ccc(B2OC(C)(C)C(C)(C)O2)cc1I. The van der Waals surface area contributed by atoms with E-state index >= 15 is 0 Å². The monoisotopic (exact) mass is 372 g/mol. The summed E-state index contributed by atoms with van der Waals surface area (Å²) in [5, 5.41) is 0. The molecule has 0 saturated carbocycles. The van der Waals surface area contributed by atoms with Crippen molar-refractivity contribution >= 4 is 35.2 Å². The molecule has 1 saturated heterocycles. The van der Waals surface area contributed by atoms with E-state index in [-0.39, 0.29) is 18.3 Å². The predicted molar refractivity (Wildman–Crippen MR) is 89.0 cm³/mol. The zero-order chi connectivity index (χ0) is 14.4. The first-order chi connectivity index (χ1) is 8.64. The molecule has 0 aliphatic carbocycles. The van der Waals surface area contributed by atoms with Gasteiger partial charge in [0.25, 0.3) is 0 Å². The Morgan fingerprint density at radius 3 is 2.00 bits per heavy atom. The lowest BCUT2D eigenvalue weighted by Crippen LogP contribution is -2.41. The summed E-state index contributed by atoms with van der Waals surface area (Å²) >= 11 is 2.39. The molecule has 2 rings (SSSR count). The molecule has 1 aromatic carbocycles. The average Bonchev–Trinajstić information content (AvgIpc) is 2.47. The van der Waals surface area contributed by atoms with E-state index in [1.54, 1.807) is 0 Å². The molecule has 1 aliphatic rings. The first-order valence-corrected chi connectivity index (χ1v) is 7.87. The molecular weight excluding hydrogens is 350 g/mol. The third-order valence-electron chi connectivity index (χ3n) is 4.17. The molecule has 0 aromatic heterocycles. The maximum Gasteiger partial charge on any atom is 0.494 e. The molecule has 4 heteroatoms. The van der Waals surface area contributed by atoms with Gasteiger partial charge in [-0.05, 0) is 73.3 Å². The second-order valence-electron chi connectivity index (χ2n) is 6.52. The predicted octanol–water partition coefficient (Wildman–Crippen LogP) is 3.71. The van der Waals surface area contributed by atoms with Gasteiger partial charge >= 0.3 is 7.12 Å². The van der Waals surface area contributed by atoms with Crippen LogP contribution in [0.1, 0.15) is 53.0 Å². The summed E-state index contributed by atoms with van der Waals surface area (Å²) in [6, 6.07) is 6.49. The van der Waals surface area contributed by atoms with Crippen LogP contribution in [0.5, 0.6) is 0 Å². The van der Waals surface area contributed by atoms with Gasteiger partial charge in [-0.3, -0.25) is 0 Å². The van der Waals surface area contributed by atoms with E-state index in [9.17, 15) is 0 Å². The minimum absolute atomic E-state index is 0.264. The Hall–Kier alpha value is -0.0651. The molecule has 1 fully saturated rings. The molecule has 1 aliphatic heterocycles. The molecule has 1 aromatic rings. The van der Waals surface area contributed by atoms with Gasteiger partial charge < -0.3 is 9.31 Å². The highest BCUT2D eigenvalue weighted by atomic mass is 127. The zero-order valence-electron chi connectivity index (χ0n) is 12.6. The van der Waals surface area contributed by atoms with Crippen LogP contribution in [0.2, 0.25) is 0 Å². The summed E-state index contributed by atoms with van der Waals surface area (Å²) in [5.74, 6) is 0.541. The van der Waals surface area contributed by atoms with E-state index in [2.05, 4.69) is 82.3 Å². The van der Waals surface area contributed by atoms with Crippen molar-refractivity contribution in [2.24, 2.45) is 0 Å². The van der Waals surface area contributed by atoms with Crippen LogP contribution in [0.25, 0.3) is 0 Å². The lowest BCUT2D eigenvalue weighted by molar-refractivity contribution is 0.00578. The van der Waals surface area contributed by atoms with Crippen molar-refractivity contribution in [3.63, 3.8) is 0 Å². The highest BCUT2D eigenvalue weighted by Gasteiger charge is 2.51. The van der Waals surface area contributed by atoms with Gasteiger partial charge in [-0.2, -0.15) is 0 Å². The van der Waals surface area contributed by atoms with Crippen LogP contribution in [-0.4, -0.2) is 18.3 Å². The van der Waals surface area contributed by atoms with Crippen molar-refractivity contribution in [2.45, 2.75) is 58.7 Å². The van der Waals surface area contributed by atoms with Crippen molar-refractivity contribution in [1.82, 2.24) is 0 Å². The van der Waals surface area contributed by atoms with Crippen LogP contribution in [0.3, 0.4) is 0 Å². The molecule has 0 unspecified atom stereocenters. The number of rotatable bonds is 2. The van der Waals surface area contributed by atoms with E-state index in [0.29, 0.717) is 5.92 Å². The molecule has 1 heterocycles. The number of benzene rings is 1. The van der Waals surface area contributed by atoms with Crippen molar-refractivity contribution in [2.75, 3.05) is 0 Å². The molecule has 0 radical (unpaired) electrons. The Labute approximate surface area is 130 Å².